The zero-order valence-corrected chi connectivity index (χ0v) is 19.1. The number of amides is 2. The second-order valence-electron chi connectivity index (χ2n) is 8.41. The van der Waals surface area contributed by atoms with Crippen LogP contribution in [0.3, 0.4) is 0 Å². The van der Waals surface area contributed by atoms with E-state index in [1.54, 1.807) is 37.4 Å². The minimum Gasteiger partial charge on any atom is -0.371 e. The van der Waals surface area contributed by atoms with Crippen LogP contribution in [0.1, 0.15) is 36.5 Å². The number of nitrogens with zero attached hydrogens (tertiary/aromatic N) is 2. The molecule has 8 heteroatoms. The van der Waals surface area contributed by atoms with Crippen LogP contribution in [0.5, 0.6) is 0 Å². The van der Waals surface area contributed by atoms with Crippen LogP contribution in [0.4, 0.5) is 27.3 Å². The molecule has 34 heavy (non-hydrogen) atoms. The van der Waals surface area contributed by atoms with Gasteiger partial charge in [-0.25, -0.2) is 9.37 Å². The summed E-state index contributed by atoms with van der Waals surface area (Å²) in [6.07, 6.45) is 4.03. The Kier molecular flexibility index (Phi) is 7.37. The second-order valence-corrected chi connectivity index (χ2v) is 8.41. The van der Waals surface area contributed by atoms with Gasteiger partial charge in [0.2, 0.25) is 5.91 Å². The van der Waals surface area contributed by atoms with Gasteiger partial charge < -0.3 is 20.9 Å². The Morgan fingerprint density at radius 1 is 1.03 bits per heavy atom. The van der Waals surface area contributed by atoms with Crippen molar-refractivity contribution in [3.05, 3.63) is 78.2 Å². The van der Waals surface area contributed by atoms with Gasteiger partial charge in [-0.1, -0.05) is 12.1 Å². The van der Waals surface area contributed by atoms with Gasteiger partial charge in [-0.3, -0.25) is 9.59 Å². The average molecular weight is 462 g/mol. The fourth-order valence-corrected chi connectivity index (χ4v) is 3.99. The van der Waals surface area contributed by atoms with E-state index in [4.69, 9.17) is 0 Å². The number of carbonyl (C=O) groups is 2. The first kappa shape index (κ1) is 23.2. The van der Waals surface area contributed by atoms with E-state index in [0.29, 0.717) is 17.1 Å². The van der Waals surface area contributed by atoms with Gasteiger partial charge in [0.05, 0.1) is 5.56 Å². The van der Waals surface area contributed by atoms with Crippen molar-refractivity contribution in [1.82, 2.24) is 10.3 Å². The lowest BCUT2D eigenvalue weighted by molar-refractivity contribution is -0.116. The maximum absolute atomic E-state index is 13.5. The molecule has 0 spiro atoms. The third-order valence-corrected chi connectivity index (χ3v) is 5.61. The number of anilines is 4. The molecule has 2 aromatic carbocycles. The molecule has 0 bridgehead atoms. The molecule has 1 unspecified atom stereocenters. The van der Waals surface area contributed by atoms with Crippen molar-refractivity contribution in [2.75, 3.05) is 28.6 Å². The molecule has 0 saturated carbocycles. The first-order chi connectivity index (χ1) is 16.5. The smallest absolute Gasteiger partial charge is 0.255 e. The van der Waals surface area contributed by atoms with E-state index in [1.807, 2.05) is 24.3 Å². The summed E-state index contributed by atoms with van der Waals surface area (Å²) in [6.45, 7) is 3.84. The Hall–Kier alpha value is -3.94. The number of benzene rings is 2. The van der Waals surface area contributed by atoms with Crippen molar-refractivity contribution in [2.24, 2.45) is 0 Å². The van der Waals surface area contributed by atoms with E-state index in [-0.39, 0.29) is 18.2 Å². The van der Waals surface area contributed by atoms with Crippen LogP contribution in [-0.4, -0.2) is 35.9 Å². The molecule has 3 aromatic rings. The quantitative estimate of drug-likeness (QED) is 0.452. The van der Waals surface area contributed by atoms with Crippen molar-refractivity contribution in [1.29, 1.82) is 0 Å². The van der Waals surface area contributed by atoms with Gasteiger partial charge in [-0.05, 0) is 68.3 Å². The van der Waals surface area contributed by atoms with Gasteiger partial charge in [-0.15, -0.1) is 0 Å². The van der Waals surface area contributed by atoms with Crippen LogP contribution in [0.2, 0.25) is 0 Å². The number of hydrogen-bond acceptors (Lipinski definition) is 5. The Morgan fingerprint density at radius 2 is 1.79 bits per heavy atom. The number of nitrogens with one attached hydrogen (secondary N) is 3. The maximum atomic E-state index is 13.5. The summed E-state index contributed by atoms with van der Waals surface area (Å²) in [6, 6.07) is 16.6. The number of aromatic nitrogens is 1. The molecular formula is C26H28FN5O2. The first-order valence-corrected chi connectivity index (χ1v) is 11.4. The SMILES string of the molecule is CC(CC(=O)Nc1cccc(N2CCCC2)c1)NC(=O)c1cccnc1Nc1cccc(F)c1. The van der Waals surface area contributed by atoms with Crippen LogP contribution in [-0.2, 0) is 4.79 Å². The van der Waals surface area contributed by atoms with E-state index in [2.05, 4.69) is 25.8 Å². The van der Waals surface area contributed by atoms with Crippen LogP contribution in [0.15, 0.2) is 66.9 Å². The molecule has 1 fully saturated rings. The Labute approximate surface area is 198 Å². The molecule has 1 atom stereocenters. The van der Waals surface area contributed by atoms with Crippen molar-refractivity contribution >= 4 is 34.7 Å². The van der Waals surface area contributed by atoms with Crippen molar-refractivity contribution < 1.29 is 14.0 Å². The lowest BCUT2D eigenvalue weighted by Crippen LogP contribution is -2.35. The lowest BCUT2D eigenvalue weighted by Gasteiger charge is -2.19. The molecule has 2 amide bonds. The van der Waals surface area contributed by atoms with Gasteiger partial charge in [-0.2, -0.15) is 0 Å². The topological polar surface area (TPSA) is 86.4 Å². The molecule has 7 nitrogen and oxygen atoms in total. The molecule has 1 saturated heterocycles. The summed E-state index contributed by atoms with van der Waals surface area (Å²) in [5.41, 5.74) is 2.63. The van der Waals surface area contributed by atoms with Gasteiger partial charge in [0.15, 0.2) is 0 Å². The average Bonchev–Trinajstić information content (AvgIpc) is 3.34. The number of hydrogen-bond donors (Lipinski definition) is 3. The van der Waals surface area contributed by atoms with E-state index < -0.39 is 11.9 Å². The predicted molar refractivity (Wildman–Crippen MR) is 132 cm³/mol. The molecule has 1 aliphatic heterocycles. The number of pyridine rings is 1. The molecule has 0 radical (unpaired) electrons. The molecule has 2 heterocycles. The lowest BCUT2D eigenvalue weighted by atomic mass is 10.1. The van der Waals surface area contributed by atoms with Gasteiger partial charge in [0.1, 0.15) is 11.6 Å². The fraction of sp³-hybridized carbons (Fsp3) is 0.269. The Balaban J connectivity index is 1.34. The van der Waals surface area contributed by atoms with Gasteiger partial charge >= 0.3 is 0 Å². The summed E-state index contributed by atoms with van der Waals surface area (Å²) in [7, 11) is 0. The van der Waals surface area contributed by atoms with Crippen LogP contribution in [0, 0.1) is 5.82 Å². The van der Waals surface area contributed by atoms with E-state index in [0.717, 1.165) is 24.5 Å². The normalized spacial score (nSPS) is 13.9. The van der Waals surface area contributed by atoms with Gasteiger partial charge in [0, 0.05) is 48.8 Å². The monoisotopic (exact) mass is 461 g/mol. The zero-order chi connectivity index (χ0) is 23.9. The third-order valence-electron chi connectivity index (χ3n) is 5.61. The van der Waals surface area contributed by atoms with Crippen molar-refractivity contribution in [3.8, 4) is 0 Å². The van der Waals surface area contributed by atoms with E-state index in [1.165, 1.54) is 25.0 Å². The fourth-order valence-electron chi connectivity index (χ4n) is 3.99. The predicted octanol–water partition coefficient (Wildman–Crippen LogP) is 4.71. The molecule has 4 rings (SSSR count). The Morgan fingerprint density at radius 3 is 2.59 bits per heavy atom. The summed E-state index contributed by atoms with van der Waals surface area (Å²) in [4.78, 5) is 32.0. The summed E-state index contributed by atoms with van der Waals surface area (Å²) < 4.78 is 13.5. The zero-order valence-electron chi connectivity index (χ0n) is 19.1. The summed E-state index contributed by atoms with van der Waals surface area (Å²) in [5.74, 6) is -0.641. The minimum atomic E-state index is -0.406. The second kappa shape index (κ2) is 10.8. The maximum Gasteiger partial charge on any atom is 0.255 e. The molecule has 176 valence electrons. The molecule has 1 aliphatic rings. The number of carbonyl (C=O) groups excluding carboxylic acids is 2. The highest BCUT2D eigenvalue weighted by Crippen LogP contribution is 2.23. The summed E-state index contributed by atoms with van der Waals surface area (Å²) >= 11 is 0. The number of halogens is 1. The number of rotatable bonds is 8. The highest BCUT2D eigenvalue weighted by Gasteiger charge is 2.18. The summed E-state index contributed by atoms with van der Waals surface area (Å²) in [5, 5.41) is 8.74. The first-order valence-electron chi connectivity index (χ1n) is 11.4. The largest absolute Gasteiger partial charge is 0.371 e. The third kappa shape index (κ3) is 6.10. The van der Waals surface area contributed by atoms with E-state index >= 15 is 0 Å². The van der Waals surface area contributed by atoms with Crippen molar-refractivity contribution in [3.63, 3.8) is 0 Å². The molecule has 0 aliphatic carbocycles. The van der Waals surface area contributed by atoms with E-state index in [9.17, 15) is 14.0 Å². The minimum absolute atomic E-state index is 0.118. The Bertz CT molecular complexity index is 1160. The highest BCUT2D eigenvalue weighted by atomic mass is 19.1. The van der Waals surface area contributed by atoms with Crippen LogP contribution in [0.25, 0.3) is 0 Å². The van der Waals surface area contributed by atoms with Crippen LogP contribution >= 0.6 is 0 Å². The highest BCUT2D eigenvalue weighted by molar-refractivity contribution is 6.00. The molecular weight excluding hydrogens is 433 g/mol. The van der Waals surface area contributed by atoms with Crippen LogP contribution < -0.4 is 20.9 Å². The molecule has 1 aromatic heterocycles. The molecule has 3 N–H and O–H groups in total. The standard InChI is InChI=1S/C26H28FN5O2/c1-18(15-24(33)30-21-9-5-10-22(17-21)32-13-2-3-14-32)29-26(34)23-11-6-12-28-25(23)31-20-8-4-7-19(27)16-20/h4-12,16-18H,2-3,13-15H2,1H3,(H,28,31)(H,29,34)(H,30,33). The van der Waals surface area contributed by atoms with Gasteiger partial charge in [0.25, 0.3) is 5.91 Å². The van der Waals surface area contributed by atoms with Crippen molar-refractivity contribution in [2.45, 2.75) is 32.2 Å².